The molecule has 22 heavy (non-hydrogen) atoms. The topological polar surface area (TPSA) is 51.5 Å². The maximum Gasteiger partial charge on any atom is 0.229 e. The summed E-state index contributed by atoms with van der Waals surface area (Å²) in [6.45, 7) is 0. The van der Waals surface area contributed by atoms with E-state index in [1.54, 1.807) is 31.4 Å². The molecule has 0 unspecified atom stereocenters. The van der Waals surface area contributed by atoms with Crippen LogP contribution in [0.3, 0.4) is 0 Å². The van der Waals surface area contributed by atoms with E-state index in [4.69, 9.17) is 9.15 Å². The summed E-state index contributed by atoms with van der Waals surface area (Å²) in [5.74, 6) is -0.0881. The van der Waals surface area contributed by atoms with Crippen molar-refractivity contribution in [3.05, 3.63) is 60.1 Å². The number of anilines is 1. The summed E-state index contributed by atoms with van der Waals surface area (Å²) >= 11 is 0. The van der Waals surface area contributed by atoms with Crippen molar-refractivity contribution >= 4 is 22.6 Å². The van der Waals surface area contributed by atoms with Crippen LogP contribution in [-0.4, -0.2) is 13.0 Å². The van der Waals surface area contributed by atoms with Crippen LogP contribution < -0.4 is 10.1 Å². The van der Waals surface area contributed by atoms with Crippen LogP contribution >= 0.6 is 0 Å². The van der Waals surface area contributed by atoms with Crippen LogP contribution in [0, 0.1) is 5.82 Å². The summed E-state index contributed by atoms with van der Waals surface area (Å²) < 4.78 is 24.1. The van der Waals surface area contributed by atoms with Crippen molar-refractivity contribution in [2.45, 2.75) is 6.42 Å². The van der Waals surface area contributed by atoms with Crippen molar-refractivity contribution in [1.29, 1.82) is 0 Å². The first kappa shape index (κ1) is 14.1. The predicted octanol–water partition coefficient (Wildman–Crippen LogP) is 3.76. The van der Waals surface area contributed by atoms with Crippen molar-refractivity contribution in [2.75, 3.05) is 12.4 Å². The van der Waals surface area contributed by atoms with E-state index in [2.05, 4.69) is 5.32 Å². The summed E-state index contributed by atoms with van der Waals surface area (Å²) in [5, 5.41) is 3.36. The first-order chi connectivity index (χ1) is 10.7. The summed E-state index contributed by atoms with van der Waals surface area (Å²) in [6, 6.07) is 11.4. The van der Waals surface area contributed by atoms with Crippen molar-refractivity contribution in [3.63, 3.8) is 0 Å². The van der Waals surface area contributed by atoms with Crippen LogP contribution in [0.25, 0.3) is 11.0 Å². The van der Waals surface area contributed by atoms with Gasteiger partial charge in [-0.05, 0) is 30.3 Å². The van der Waals surface area contributed by atoms with E-state index >= 15 is 0 Å². The first-order valence-electron chi connectivity index (χ1n) is 6.76. The number of amides is 1. The van der Waals surface area contributed by atoms with Gasteiger partial charge >= 0.3 is 0 Å². The molecule has 0 saturated heterocycles. The highest BCUT2D eigenvalue weighted by Gasteiger charge is 2.12. The lowest BCUT2D eigenvalue weighted by atomic mass is 10.1. The molecule has 112 valence electrons. The Balaban J connectivity index is 1.81. The Bertz CT molecular complexity index is 826. The van der Waals surface area contributed by atoms with Gasteiger partial charge in [-0.2, -0.15) is 0 Å². The number of ether oxygens (including phenoxy) is 1. The smallest absolute Gasteiger partial charge is 0.229 e. The molecule has 4 nitrogen and oxygen atoms in total. The van der Waals surface area contributed by atoms with Gasteiger partial charge in [0.25, 0.3) is 0 Å². The number of methoxy groups -OCH3 is 1. The molecule has 0 atom stereocenters. The third-order valence-corrected chi connectivity index (χ3v) is 3.36. The number of fused-ring (bicyclic) bond motifs is 1. The maximum atomic E-state index is 13.5. The van der Waals surface area contributed by atoms with Gasteiger partial charge in [0.15, 0.2) is 0 Å². The van der Waals surface area contributed by atoms with Gasteiger partial charge in [-0.3, -0.25) is 4.79 Å². The molecule has 0 radical (unpaired) electrons. The molecule has 0 spiro atoms. The zero-order chi connectivity index (χ0) is 15.5. The van der Waals surface area contributed by atoms with E-state index in [1.165, 1.54) is 18.4 Å². The second-order valence-electron chi connectivity index (χ2n) is 4.83. The second kappa shape index (κ2) is 5.89. The summed E-state index contributed by atoms with van der Waals surface area (Å²) in [4.78, 5) is 12.1. The Labute approximate surface area is 126 Å². The first-order valence-corrected chi connectivity index (χ1v) is 6.76. The Morgan fingerprint density at radius 3 is 2.86 bits per heavy atom. The lowest BCUT2D eigenvalue weighted by Gasteiger charge is -2.05. The second-order valence-corrected chi connectivity index (χ2v) is 4.83. The number of benzene rings is 2. The van der Waals surface area contributed by atoms with E-state index < -0.39 is 5.82 Å². The number of carbonyl (C=O) groups is 1. The van der Waals surface area contributed by atoms with E-state index in [9.17, 15) is 9.18 Å². The van der Waals surface area contributed by atoms with Gasteiger partial charge in [0, 0.05) is 10.9 Å². The number of hydrogen-bond acceptors (Lipinski definition) is 3. The molecule has 1 N–H and O–H groups in total. The van der Waals surface area contributed by atoms with E-state index in [1.807, 2.05) is 6.07 Å². The molecular formula is C17H14FNO3. The molecule has 1 aromatic heterocycles. The van der Waals surface area contributed by atoms with Gasteiger partial charge in [0.05, 0.1) is 25.5 Å². The predicted molar refractivity (Wildman–Crippen MR) is 81.5 cm³/mol. The molecule has 0 saturated carbocycles. The van der Waals surface area contributed by atoms with Gasteiger partial charge < -0.3 is 14.5 Å². The maximum absolute atomic E-state index is 13.5. The Morgan fingerprint density at radius 1 is 1.27 bits per heavy atom. The molecule has 3 aromatic rings. The van der Waals surface area contributed by atoms with Gasteiger partial charge in [-0.1, -0.05) is 12.1 Å². The van der Waals surface area contributed by atoms with Crippen molar-refractivity contribution in [3.8, 4) is 5.75 Å². The molecule has 2 aromatic carbocycles. The fourth-order valence-corrected chi connectivity index (χ4v) is 2.25. The highest BCUT2D eigenvalue weighted by atomic mass is 19.1. The Hall–Kier alpha value is -2.82. The number of carbonyl (C=O) groups excluding carboxylic acids is 1. The third-order valence-electron chi connectivity index (χ3n) is 3.36. The molecule has 0 aliphatic heterocycles. The van der Waals surface area contributed by atoms with Gasteiger partial charge in [-0.15, -0.1) is 0 Å². The van der Waals surface area contributed by atoms with E-state index in [0.29, 0.717) is 11.3 Å². The molecule has 5 heteroatoms. The van der Waals surface area contributed by atoms with Crippen molar-refractivity contribution in [1.82, 2.24) is 0 Å². The van der Waals surface area contributed by atoms with Crippen LogP contribution in [0.2, 0.25) is 0 Å². The summed E-state index contributed by atoms with van der Waals surface area (Å²) in [5.41, 5.74) is 1.56. The minimum atomic E-state index is -0.463. The Kier molecular flexibility index (Phi) is 3.78. The van der Waals surface area contributed by atoms with E-state index in [0.717, 1.165) is 10.9 Å². The molecular weight excluding hydrogens is 285 g/mol. The molecule has 3 rings (SSSR count). The van der Waals surface area contributed by atoms with Gasteiger partial charge in [0.1, 0.15) is 17.1 Å². The normalized spacial score (nSPS) is 10.6. The third kappa shape index (κ3) is 2.79. The number of para-hydroxylation sites is 1. The molecule has 0 bridgehead atoms. The molecule has 0 fully saturated rings. The average Bonchev–Trinajstić information content (AvgIpc) is 2.91. The van der Waals surface area contributed by atoms with E-state index in [-0.39, 0.29) is 18.0 Å². The van der Waals surface area contributed by atoms with Crippen LogP contribution in [0.15, 0.2) is 53.1 Å². The highest BCUT2D eigenvalue weighted by molar-refractivity contribution is 5.95. The van der Waals surface area contributed by atoms with Crippen LogP contribution in [0.1, 0.15) is 5.56 Å². The fourth-order valence-electron chi connectivity index (χ4n) is 2.25. The number of nitrogens with one attached hydrogen (secondary N) is 1. The summed E-state index contributed by atoms with van der Waals surface area (Å²) in [6.07, 6.45) is 1.62. The molecule has 0 aliphatic carbocycles. The minimum Gasteiger partial charge on any atom is -0.497 e. The number of hydrogen-bond donors (Lipinski definition) is 1. The quantitative estimate of drug-likeness (QED) is 0.798. The van der Waals surface area contributed by atoms with Crippen molar-refractivity contribution < 1.29 is 18.3 Å². The van der Waals surface area contributed by atoms with Crippen LogP contribution in [0.5, 0.6) is 5.75 Å². The summed E-state index contributed by atoms with van der Waals surface area (Å²) in [7, 11) is 1.58. The molecule has 1 amide bonds. The van der Waals surface area contributed by atoms with Crippen molar-refractivity contribution in [2.24, 2.45) is 0 Å². The Morgan fingerprint density at radius 2 is 2.09 bits per heavy atom. The lowest BCUT2D eigenvalue weighted by molar-refractivity contribution is -0.115. The number of furan rings is 1. The fraction of sp³-hybridized carbons (Fsp3) is 0.118. The molecule has 1 heterocycles. The van der Waals surface area contributed by atoms with Crippen LogP contribution in [-0.2, 0) is 11.2 Å². The number of rotatable bonds is 4. The van der Waals surface area contributed by atoms with Crippen LogP contribution in [0.4, 0.5) is 10.1 Å². The monoisotopic (exact) mass is 299 g/mol. The molecule has 0 aliphatic rings. The zero-order valence-electron chi connectivity index (χ0n) is 11.9. The SMILES string of the molecule is COc1ccc2occ(CC(=O)Nc3ccccc3F)c2c1. The highest BCUT2D eigenvalue weighted by Crippen LogP contribution is 2.26. The largest absolute Gasteiger partial charge is 0.497 e. The zero-order valence-corrected chi connectivity index (χ0v) is 11.9. The van der Waals surface area contributed by atoms with Gasteiger partial charge in [-0.25, -0.2) is 4.39 Å². The lowest BCUT2D eigenvalue weighted by Crippen LogP contribution is -2.15. The minimum absolute atomic E-state index is 0.0918. The number of halogens is 1. The standard InChI is InChI=1S/C17H14FNO3/c1-21-12-6-7-16-13(9-12)11(10-22-16)8-17(20)19-15-5-3-2-4-14(15)18/h2-7,9-10H,8H2,1H3,(H,19,20). The van der Waals surface area contributed by atoms with Gasteiger partial charge in [0.2, 0.25) is 5.91 Å². The average molecular weight is 299 g/mol.